The molecule has 0 spiro atoms. The number of hydrogen-bond donors (Lipinski definition) is 0. The molecule has 0 N–H and O–H groups in total. The minimum absolute atomic E-state index is 0.172. The van der Waals surface area contributed by atoms with E-state index < -0.39 is 0 Å². The molecule has 0 aliphatic heterocycles. The van der Waals surface area contributed by atoms with Crippen LogP contribution in [0.4, 0.5) is 0 Å². The molecular formula is C24H19ClO3. The van der Waals surface area contributed by atoms with Gasteiger partial charge in [0.15, 0.2) is 5.76 Å². The van der Waals surface area contributed by atoms with Crippen molar-refractivity contribution in [1.82, 2.24) is 0 Å². The minimum atomic E-state index is -0.172. The first kappa shape index (κ1) is 18.3. The first-order chi connectivity index (χ1) is 13.5. The maximum atomic E-state index is 13.2. The zero-order valence-corrected chi connectivity index (χ0v) is 16.4. The van der Waals surface area contributed by atoms with Gasteiger partial charge < -0.3 is 9.15 Å². The second-order valence-corrected chi connectivity index (χ2v) is 7.31. The Balaban J connectivity index is 1.84. The number of ether oxygens (including phenoxy) is 1. The summed E-state index contributed by atoms with van der Waals surface area (Å²) in [5.41, 5.74) is 4.22. The van der Waals surface area contributed by atoms with Gasteiger partial charge in [-0.3, -0.25) is 4.79 Å². The summed E-state index contributed by atoms with van der Waals surface area (Å²) in [5, 5.41) is 1.17. The number of hydrogen-bond acceptors (Lipinski definition) is 3. The number of fused-ring (bicyclic) bond motifs is 1. The Morgan fingerprint density at radius 1 is 0.893 bits per heavy atom. The minimum Gasteiger partial charge on any atom is -0.481 e. The molecule has 0 amide bonds. The van der Waals surface area contributed by atoms with Gasteiger partial charge in [0.05, 0.1) is 5.39 Å². The summed E-state index contributed by atoms with van der Waals surface area (Å²) in [6.45, 7) is 4.21. The van der Waals surface area contributed by atoms with E-state index in [-0.39, 0.29) is 17.8 Å². The first-order valence-corrected chi connectivity index (χ1v) is 9.41. The van der Waals surface area contributed by atoms with Crippen LogP contribution in [0.25, 0.3) is 22.3 Å². The SMILES string of the molecule is Cc1ccc(-c2oc3ccc(C)cc3c(=O)c2OCc2ccc(Cl)cc2)cc1. The predicted octanol–water partition coefficient (Wildman–Crippen LogP) is 6.31. The highest BCUT2D eigenvalue weighted by Gasteiger charge is 2.18. The summed E-state index contributed by atoms with van der Waals surface area (Å²) in [6, 6.07) is 20.8. The highest BCUT2D eigenvalue weighted by molar-refractivity contribution is 6.30. The normalized spacial score (nSPS) is 11.0. The van der Waals surface area contributed by atoms with Crippen molar-refractivity contribution in [2.24, 2.45) is 0 Å². The largest absolute Gasteiger partial charge is 0.481 e. The summed E-state index contributed by atoms with van der Waals surface area (Å²) in [7, 11) is 0. The maximum absolute atomic E-state index is 13.2. The fourth-order valence-electron chi connectivity index (χ4n) is 3.05. The van der Waals surface area contributed by atoms with Crippen molar-refractivity contribution < 1.29 is 9.15 Å². The van der Waals surface area contributed by atoms with Crippen molar-refractivity contribution >= 4 is 22.6 Å². The second kappa shape index (κ2) is 7.53. The zero-order chi connectivity index (χ0) is 19.7. The van der Waals surface area contributed by atoms with Gasteiger partial charge in [-0.1, -0.05) is 65.2 Å². The molecule has 0 aliphatic carbocycles. The quantitative estimate of drug-likeness (QED) is 0.410. The van der Waals surface area contributed by atoms with Crippen molar-refractivity contribution in [2.45, 2.75) is 20.5 Å². The molecule has 0 saturated carbocycles. The Hall–Kier alpha value is -3.04. The maximum Gasteiger partial charge on any atom is 0.235 e. The Morgan fingerprint density at radius 3 is 2.29 bits per heavy atom. The Bertz CT molecular complexity index is 1190. The summed E-state index contributed by atoms with van der Waals surface area (Å²) in [5.74, 6) is 0.659. The molecule has 3 nitrogen and oxygen atoms in total. The number of benzene rings is 3. The molecule has 4 heteroatoms. The van der Waals surface area contributed by atoms with Crippen LogP contribution in [0.5, 0.6) is 5.75 Å². The highest BCUT2D eigenvalue weighted by Crippen LogP contribution is 2.32. The third-order valence-corrected chi connectivity index (χ3v) is 4.87. The van der Waals surface area contributed by atoms with Crippen LogP contribution < -0.4 is 10.2 Å². The van der Waals surface area contributed by atoms with Crippen LogP contribution in [0.15, 0.2) is 75.9 Å². The van der Waals surface area contributed by atoms with Gasteiger partial charge in [-0.05, 0) is 43.7 Å². The molecule has 0 radical (unpaired) electrons. The second-order valence-electron chi connectivity index (χ2n) is 6.87. The first-order valence-electron chi connectivity index (χ1n) is 9.03. The van der Waals surface area contributed by atoms with E-state index in [1.54, 1.807) is 12.1 Å². The van der Waals surface area contributed by atoms with E-state index >= 15 is 0 Å². The van der Waals surface area contributed by atoms with Crippen LogP contribution in [-0.2, 0) is 6.61 Å². The Morgan fingerprint density at radius 2 is 1.57 bits per heavy atom. The van der Waals surface area contributed by atoms with Gasteiger partial charge in [0.1, 0.15) is 12.2 Å². The summed E-state index contributed by atoms with van der Waals surface area (Å²) in [4.78, 5) is 13.2. The molecule has 4 rings (SSSR count). The van der Waals surface area contributed by atoms with Crippen LogP contribution in [-0.4, -0.2) is 0 Å². The molecule has 140 valence electrons. The molecular weight excluding hydrogens is 372 g/mol. The van der Waals surface area contributed by atoms with E-state index in [0.29, 0.717) is 21.8 Å². The van der Waals surface area contributed by atoms with Crippen LogP contribution in [0.2, 0.25) is 5.02 Å². The zero-order valence-electron chi connectivity index (χ0n) is 15.7. The van der Waals surface area contributed by atoms with Crippen LogP contribution in [0.3, 0.4) is 0 Å². The lowest BCUT2D eigenvalue weighted by molar-refractivity contribution is 0.298. The Kier molecular flexibility index (Phi) is 4.93. The lowest BCUT2D eigenvalue weighted by Gasteiger charge is -2.12. The van der Waals surface area contributed by atoms with E-state index in [9.17, 15) is 4.79 Å². The average molecular weight is 391 g/mol. The van der Waals surface area contributed by atoms with Crippen molar-refractivity contribution in [1.29, 1.82) is 0 Å². The van der Waals surface area contributed by atoms with Gasteiger partial charge in [-0.15, -0.1) is 0 Å². The lowest BCUT2D eigenvalue weighted by Crippen LogP contribution is -2.10. The van der Waals surface area contributed by atoms with Crippen LogP contribution in [0.1, 0.15) is 16.7 Å². The molecule has 4 aromatic rings. The van der Waals surface area contributed by atoms with Crippen LogP contribution in [0, 0.1) is 13.8 Å². The van der Waals surface area contributed by atoms with E-state index in [4.69, 9.17) is 20.8 Å². The smallest absolute Gasteiger partial charge is 0.235 e. The van der Waals surface area contributed by atoms with E-state index in [2.05, 4.69) is 0 Å². The van der Waals surface area contributed by atoms with Gasteiger partial charge in [-0.2, -0.15) is 0 Å². The molecule has 0 fully saturated rings. The Labute approximate surface area is 168 Å². The van der Waals surface area contributed by atoms with E-state index in [0.717, 1.165) is 22.3 Å². The third kappa shape index (κ3) is 3.67. The molecule has 0 unspecified atom stereocenters. The van der Waals surface area contributed by atoms with Crippen molar-refractivity contribution in [3.63, 3.8) is 0 Å². The molecule has 28 heavy (non-hydrogen) atoms. The number of aryl methyl sites for hydroxylation is 2. The molecule has 0 aliphatic rings. The molecule has 0 saturated heterocycles. The summed E-state index contributed by atoms with van der Waals surface area (Å²) >= 11 is 5.95. The molecule has 1 heterocycles. The van der Waals surface area contributed by atoms with E-state index in [1.165, 1.54) is 0 Å². The van der Waals surface area contributed by atoms with Crippen molar-refractivity contribution in [2.75, 3.05) is 0 Å². The summed E-state index contributed by atoms with van der Waals surface area (Å²) in [6.07, 6.45) is 0. The van der Waals surface area contributed by atoms with Crippen molar-refractivity contribution in [3.05, 3.63) is 98.7 Å². The van der Waals surface area contributed by atoms with Gasteiger partial charge in [0.25, 0.3) is 0 Å². The van der Waals surface area contributed by atoms with Gasteiger partial charge in [0.2, 0.25) is 11.2 Å². The summed E-state index contributed by atoms with van der Waals surface area (Å²) < 4.78 is 12.1. The van der Waals surface area contributed by atoms with Gasteiger partial charge in [0, 0.05) is 10.6 Å². The van der Waals surface area contributed by atoms with Gasteiger partial charge in [-0.25, -0.2) is 0 Å². The molecule has 1 aromatic heterocycles. The fraction of sp³-hybridized carbons (Fsp3) is 0.125. The molecule has 3 aromatic carbocycles. The number of halogens is 1. The van der Waals surface area contributed by atoms with Gasteiger partial charge >= 0.3 is 0 Å². The van der Waals surface area contributed by atoms with E-state index in [1.807, 2.05) is 68.4 Å². The average Bonchev–Trinajstić information content (AvgIpc) is 2.69. The topological polar surface area (TPSA) is 39.4 Å². The lowest BCUT2D eigenvalue weighted by atomic mass is 10.1. The third-order valence-electron chi connectivity index (χ3n) is 4.61. The standard InChI is InChI=1S/C24H19ClO3/c1-15-3-8-18(9-4-15)23-24(27-14-17-6-10-19(25)11-7-17)22(26)20-13-16(2)5-12-21(20)28-23/h3-13H,14H2,1-2H3. The monoisotopic (exact) mass is 390 g/mol. The fourth-order valence-corrected chi connectivity index (χ4v) is 3.18. The highest BCUT2D eigenvalue weighted by atomic mass is 35.5. The molecule has 0 bridgehead atoms. The van der Waals surface area contributed by atoms with Crippen LogP contribution >= 0.6 is 11.6 Å². The number of rotatable bonds is 4. The molecule has 0 atom stereocenters. The van der Waals surface area contributed by atoms with Crippen molar-refractivity contribution in [3.8, 4) is 17.1 Å². The predicted molar refractivity (Wildman–Crippen MR) is 113 cm³/mol.